The van der Waals surface area contributed by atoms with Gasteiger partial charge in [0.1, 0.15) is 5.75 Å². The molecule has 1 aromatic rings. The van der Waals surface area contributed by atoms with Gasteiger partial charge in [-0.25, -0.2) is 0 Å². The Bertz CT molecular complexity index is 537. The van der Waals surface area contributed by atoms with Crippen molar-refractivity contribution in [3.63, 3.8) is 0 Å². The van der Waals surface area contributed by atoms with Gasteiger partial charge in [0.2, 0.25) is 0 Å². The maximum atomic E-state index is 13.0. The highest BCUT2D eigenvalue weighted by molar-refractivity contribution is 5.94. The van der Waals surface area contributed by atoms with Crippen LogP contribution in [0.5, 0.6) is 5.75 Å². The molecule has 2 aliphatic rings. The van der Waals surface area contributed by atoms with Crippen LogP contribution >= 0.6 is 0 Å². The molecule has 0 radical (unpaired) electrons. The van der Waals surface area contributed by atoms with E-state index in [0.29, 0.717) is 12.6 Å². The molecule has 1 aromatic carbocycles. The van der Waals surface area contributed by atoms with Crippen LogP contribution in [0.4, 0.5) is 0 Å². The van der Waals surface area contributed by atoms with Crippen LogP contribution in [0.3, 0.4) is 0 Å². The average molecular weight is 344 g/mol. The van der Waals surface area contributed by atoms with Crippen molar-refractivity contribution in [1.82, 2.24) is 9.80 Å². The van der Waals surface area contributed by atoms with E-state index in [0.717, 1.165) is 43.7 Å². The van der Waals surface area contributed by atoms with Gasteiger partial charge in [0.25, 0.3) is 5.91 Å². The topological polar surface area (TPSA) is 32.8 Å². The molecule has 0 saturated carbocycles. The number of hydrogen-bond acceptors (Lipinski definition) is 3. The van der Waals surface area contributed by atoms with Crippen molar-refractivity contribution >= 4 is 5.91 Å². The maximum absolute atomic E-state index is 13.0. The summed E-state index contributed by atoms with van der Waals surface area (Å²) in [7, 11) is 0. The number of carbonyl (C=O) groups is 1. The summed E-state index contributed by atoms with van der Waals surface area (Å²) in [5.74, 6) is 1.02. The Morgan fingerprint density at radius 2 is 1.76 bits per heavy atom. The van der Waals surface area contributed by atoms with Gasteiger partial charge in [-0.1, -0.05) is 6.42 Å². The van der Waals surface area contributed by atoms with E-state index in [2.05, 4.69) is 9.80 Å². The van der Waals surface area contributed by atoms with Crippen LogP contribution in [0.25, 0.3) is 0 Å². The first-order valence-electron chi connectivity index (χ1n) is 10.0. The van der Waals surface area contributed by atoms with Crippen LogP contribution in [-0.4, -0.2) is 54.5 Å². The summed E-state index contributed by atoms with van der Waals surface area (Å²) in [5, 5.41) is 0. The van der Waals surface area contributed by atoms with Gasteiger partial charge in [0.15, 0.2) is 0 Å². The zero-order valence-corrected chi connectivity index (χ0v) is 15.6. The number of piperidine rings is 2. The number of ether oxygens (including phenoxy) is 1. The largest absolute Gasteiger partial charge is 0.494 e. The number of carbonyl (C=O) groups excluding carboxylic acids is 1. The second kappa shape index (κ2) is 9.23. The van der Waals surface area contributed by atoms with Crippen molar-refractivity contribution < 1.29 is 9.53 Å². The Balaban J connectivity index is 1.59. The van der Waals surface area contributed by atoms with E-state index >= 15 is 0 Å². The van der Waals surface area contributed by atoms with E-state index in [1.807, 2.05) is 31.2 Å². The van der Waals surface area contributed by atoms with Gasteiger partial charge in [0.05, 0.1) is 6.61 Å². The molecule has 0 bridgehead atoms. The lowest BCUT2D eigenvalue weighted by atomic mass is 9.97. The summed E-state index contributed by atoms with van der Waals surface area (Å²) in [6.07, 6.45) is 8.68. The van der Waals surface area contributed by atoms with E-state index < -0.39 is 0 Å². The first kappa shape index (κ1) is 18.2. The highest BCUT2D eigenvalue weighted by atomic mass is 16.5. The fourth-order valence-electron chi connectivity index (χ4n) is 4.11. The van der Waals surface area contributed by atoms with Crippen LogP contribution in [0, 0.1) is 0 Å². The van der Waals surface area contributed by atoms with Gasteiger partial charge < -0.3 is 14.5 Å². The molecule has 4 heteroatoms. The molecule has 0 aliphatic carbocycles. The second-order valence-electron chi connectivity index (χ2n) is 7.30. The van der Waals surface area contributed by atoms with Gasteiger partial charge in [-0.15, -0.1) is 0 Å². The van der Waals surface area contributed by atoms with Gasteiger partial charge in [-0.05, 0) is 82.8 Å². The second-order valence-corrected chi connectivity index (χ2v) is 7.30. The molecule has 1 amide bonds. The minimum absolute atomic E-state index is 0.186. The van der Waals surface area contributed by atoms with Gasteiger partial charge >= 0.3 is 0 Å². The van der Waals surface area contributed by atoms with Crippen molar-refractivity contribution in [1.29, 1.82) is 0 Å². The summed E-state index contributed by atoms with van der Waals surface area (Å²) in [6, 6.07) is 8.02. The van der Waals surface area contributed by atoms with E-state index in [1.165, 1.54) is 38.8 Å². The molecule has 2 aliphatic heterocycles. The Hall–Kier alpha value is -1.55. The molecule has 0 N–H and O–H groups in total. The van der Waals surface area contributed by atoms with Crippen molar-refractivity contribution in [2.75, 3.05) is 32.8 Å². The zero-order chi connectivity index (χ0) is 17.5. The summed E-state index contributed by atoms with van der Waals surface area (Å²) in [6.45, 7) is 7.13. The SMILES string of the molecule is CCOc1ccc(C(=O)N2CCCC[C@@H]2CCN2CCCCC2)cc1. The molecule has 1 atom stereocenters. The summed E-state index contributed by atoms with van der Waals surface area (Å²) in [5.41, 5.74) is 0.785. The van der Waals surface area contributed by atoms with Gasteiger partial charge in [-0.2, -0.15) is 0 Å². The highest BCUT2D eigenvalue weighted by Crippen LogP contribution is 2.24. The van der Waals surface area contributed by atoms with E-state index in [1.54, 1.807) is 0 Å². The monoisotopic (exact) mass is 344 g/mol. The van der Waals surface area contributed by atoms with E-state index in [4.69, 9.17) is 4.74 Å². The number of likely N-dealkylation sites (tertiary alicyclic amines) is 2. The van der Waals surface area contributed by atoms with E-state index in [-0.39, 0.29) is 5.91 Å². The molecule has 25 heavy (non-hydrogen) atoms. The standard InChI is InChI=1S/C21H32N2O2/c1-2-25-20-11-9-18(10-12-20)21(24)23-16-7-4-8-19(23)13-17-22-14-5-3-6-15-22/h9-12,19H,2-8,13-17H2,1H3/t19-/m1/s1. The zero-order valence-electron chi connectivity index (χ0n) is 15.6. The third-order valence-electron chi connectivity index (χ3n) is 5.53. The van der Waals surface area contributed by atoms with Crippen LogP contribution in [0.2, 0.25) is 0 Å². The third-order valence-corrected chi connectivity index (χ3v) is 5.53. The van der Waals surface area contributed by atoms with Gasteiger partial charge in [0, 0.05) is 24.7 Å². The lowest BCUT2D eigenvalue weighted by molar-refractivity contribution is 0.0579. The lowest BCUT2D eigenvalue weighted by Crippen LogP contribution is -2.45. The highest BCUT2D eigenvalue weighted by Gasteiger charge is 2.27. The molecule has 0 unspecified atom stereocenters. The number of hydrogen-bond donors (Lipinski definition) is 0. The number of rotatable bonds is 6. The quantitative estimate of drug-likeness (QED) is 0.783. The first-order valence-corrected chi connectivity index (χ1v) is 10.0. The molecule has 2 saturated heterocycles. The van der Waals surface area contributed by atoms with E-state index in [9.17, 15) is 4.79 Å². The number of benzene rings is 1. The van der Waals surface area contributed by atoms with Crippen LogP contribution < -0.4 is 4.74 Å². The number of amides is 1. The average Bonchev–Trinajstić information content (AvgIpc) is 2.68. The summed E-state index contributed by atoms with van der Waals surface area (Å²) in [4.78, 5) is 17.7. The fraction of sp³-hybridized carbons (Fsp3) is 0.667. The van der Waals surface area contributed by atoms with Gasteiger partial charge in [-0.3, -0.25) is 4.79 Å². The van der Waals surface area contributed by atoms with Crippen molar-refractivity contribution in [2.24, 2.45) is 0 Å². The first-order chi connectivity index (χ1) is 12.3. The summed E-state index contributed by atoms with van der Waals surface area (Å²) >= 11 is 0. The predicted octanol–water partition coefficient (Wildman–Crippen LogP) is 3.96. The maximum Gasteiger partial charge on any atom is 0.254 e. The predicted molar refractivity (Wildman–Crippen MR) is 101 cm³/mol. The molecule has 0 spiro atoms. The molecule has 2 heterocycles. The van der Waals surface area contributed by atoms with Crippen molar-refractivity contribution in [3.8, 4) is 5.75 Å². The molecule has 0 aromatic heterocycles. The third kappa shape index (κ3) is 4.97. The lowest BCUT2D eigenvalue weighted by Gasteiger charge is -2.37. The number of nitrogens with zero attached hydrogens (tertiary/aromatic N) is 2. The fourth-order valence-corrected chi connectivity index (χ4v) is 4.11. The molecule has 4 nitrogen and oxygen atoms in total. The van der Waals surface area contributed by atoms with Crippen molar-refractivity contribution in [3.05, 3.63) is 29.8 Å². The normalized spacial score (nSPS) is 22.0. The molecule has 138 valence electrons. The Kier molecular flexibility index (Phi) is 6.74. The summed E-state index contributed by atoms with van der Waals surface area (Å²) < 4.78 is 5.48. The van der Waals surface area contributed by atoms with Crippen LogP contribution in [0.1, 0.15) is 62.2 Å². The van der Waals surface area contributed by atoms with Crippen LogP contribution in [0.15, 0.2) is 24.3 Å². The Labute approximate surface area is 152 Å². The Morgan fingerprint density at radius 3 is 2.48 bits per heavy atom. The minimum atomic E-state index is 0.186. The van der Waals surface area contributed by atoms with Crippen molar-refractivity contribution in [2.45, 2.75) is 57.9 Å². The molecule has 3 rings (SSSR count). The molecule has 2 fully saturated rings. The smallest absolute Gasteiger partial charge is 0.254 e. The Morgan fingerprint density at radius 1 is 1.04 bits per heavy atom. The van der Waals surface area contributed by atoms with Crippen LogP contribution in [-0.2, 0) is 0 Å². The molecular formula is C21H32N2O2. The minimum Gasteiger partial charge on any atom is -0.494 e. The molecular weight excluding hydrogens is 312 g/mol.